The number of carbonyl (C=O) groups excluding carboxylic acids is 3. The Morgan fingerprint density at radius 3 is 2.67 bits per heavy atom. The second-order valence-electron chi connectivity index (χ2n) is 9.60. The predicted octanol–water partition coefficient (Wildman–Crippen LogP) is 2.27. The van der Waals surface area contributed by atoms with Crippen LogP contribution < -0.4 is 4.90 Å². The molecule has 3 heterocycles. The van der Waals surface area contributed by atoms with Crippen LogP contribution in [0.15, 0.2) is 24.3 Å². The molecule has 2 saturated carbocycles. The Bertz CT molecular complexity index is 994. The number of nitrogens with zero attached hydrogens (tertiary/aromatic N) is 2. The molecule has 4 bridgehead atoms. The van der Waals surface area contributed by atoms with Crippen LogP contribution in [0, 0.1) is 11.3 Å². The van der Waals surface area contributed by atoms with E-state index in [-0.39, 0.29) is 23.2 Å². The van der Waals surface area contributed by atoms with Gasteiger partial charge in [0.05, 0.1) is 25.3 Å². The van der Waals surface area contributed by atoms with E-state index in [0.717, 1.165) is 31.4 Å². The van der Waals surface area contributed by atoms with Gasteiger partial charge in [-0.05, 0) is 49.3 Å². The average Bonchev–Trinajstić information content (AvgIpc) is 3.23. The van der Waals surface area contributed by atoms with Gasteiger partial charge in [-0.1, -0.05) is 18.2 Å². The molecule has 2 aliphatic carbocycles. The smallest absolute Gasteiger partial charge is 0.415 e. The fourth-order valence-corrected chi connectivity index (χ4v) is 8.29. The summed E-state index contributed by atoms with van der Waals surface area (Å²) in [7, 11) is 2.71. The first kappa shape index (κ1) is 18.4. The minimum absolute atomic E-state index is 0.0464. The van der Waals surface area contributed by atoms with Crippen molar-refractivity contribution in [3.63, 3.8) is 0 Å². The zero-order valence-corrected chi connectivity index (χ0v) is 17.3. The van der Waals surface area contributed by atoms with Crippen molar-refractivity contribution in [2.75, 3.05) is 32.2 Å². The van der Waals surface area contributed by atoms with Gasteiger partial charge < -0.3 is 9.47 Å². The largest absolute Gasteiger partial charge is 0.467 e. The van der Waals surface area contributed by atoms with E-state index in [4.69, 9.17) is 9.47 Å². The molecular weight excluding hydrogens is 384 g/mol. The second-order valence-corrected chi connectivity index (χ2v) is 9.60. The van der Waals surface area contributed by atoms with Crippen LogP contribution in [0.3, 0.4) is 0 Å². The molecule has 0 N–H and O–H groups in total. The molecule has 0 aromatic heterocycles. The number of ketones is 1. The molecule has 3 aliphatic heterocycles. The van der Waals surface area contributed by atoms with Gasteiger partial charge in [0.2, 0.25) is 0 Å². The van der Waals surface area contributed by atoms with Crippen molar-refractivity contribution in [1.29, 1.82) is 0 Å². The highest BCUT2D eigenvalue weighted by molar-refractivity contribution is 6.07. The lowest BCUT2D eigenvalue weighted by atomic mass is 9.41. The average molecular weight is 410 g/mol. The maximum Gasteiger partial charge on any atom is 0.415 e. The molecule has 4 fully saturated rings. The Hall–Kier alpha value is -2.41. The summed E-state index contributed by atoms with van der Waals surface area (Å²) in [6.45, 7) is 1.57. The molecule has 158 valence electrons. The molecule has 6 rings (SSSR count). The monoisotopic (exact) mass is 410 g/mol. The number of carbonyl (C=O) groups is 3. The van der Waals surface area contributed by atoms with E-state index in [1.807, 2.05) is 24.3 Å². The van der Waals surface area contributed by atoms with Crippen molar-refractivity contribution < 1.29 is 23.9 Å². The van der Waals surface area contributed by atoms with E-state index < -0.39 is 23.0 Å². The molecule has 7 heteroatoms. The molecule has 1 spiro atoms. The fourth-order valence-electron chi connectivity index (χ4n) is 8.29. The Morgan fingerprint density at radius 1 is 1.10 bits per heavy atom. The van der Waals surface area contributed by atoms with Crippen LogP contribution in [0.4, 0.5) is 10.5 Å². The molecule has 2 saturated heterocycles. The summed E-state index contributed by atoms with van der Waals surface area (Å²) < 4.78 is 10.6. The van der Waals surface area contributed by atoms with Gasteiger partial charge in [0, 0.05) is 24.9 Å². The molecule has 0 unspecified atom stereocenters. The van der Waals surface area contributed by atoms with Crippen molar-refractivity contribution in [1.82, 2.24) is 4.90 Å². The summed E-state index contributed by atoms with van der Waals surface area (Å²) >= 11 is 0. The maximum atomic E-state index is 13.7. The van der Waals surface area contributed by atoms with Gasteiger partial charge in [0.1, 0.15) is 5.78 Å². The van der Waals surface area contributed by atoms with Crippen LogP contribution in [-0.2, 0) is 24.5 Å². The molecule has 1 aromatic carbocycles. The van der Waals surface area contributed by atoms with Crippen molar-refractivity contribution in [3.8, 4) is 0 Å². The van der Waals surface area contributed by atoms with Crippen molar-refractivity contribution in [2.24, 2.45) is 11.3 Å². The van der Waals surface area contributed by atoms with E-state index in [0.29, 0.717) is 25.1 Å². The van der Waals surface area contributed by atoms with Crippen molar-refractivity contribution in [3.05, 3.63) is 29.8 Å². The molecule has 0 radical (unpaired) electrons. The summed E-state index contributed by atoms with van der Waals surface area (Å²) in [5.41, 5.74) is -0.590. The van der Waals surface area contributed by atoms with Crippen LogP contribution >= 0.6 is 0 Å². The van der Waals surface area contributed by atoms with Crippen molar-refractivity contribution in [2.45, 2.75) is 49.1 Å². The third kappa shape index (κ3) is 1.66. The fraction of sp³-hybridized carbons (Fsp3) is 0.609. The van der Waals surface area contributed by atoms with Gasteiger partial charge in [-0.2, -0.15) is 0 Å². The highest BCUT2D eigenvalue weighted by Gasteiger charge is 2.84. The highest BCUT2D eigenvalue weighted by Crippen LogP contribution is 2.73. The number of para-hydroxylation sites is 1. The Kier molecular flexibility index (Phi) is 3.45. The number of amides is 1. The van der Waals surface area contributed by atoms with Gasteiger partial charge in [-0.3, -0.25) is 14.6 Å². The SMILES string of the molecule is COC(=O)N1c2ccccc2[C@@]23[C@@H]4CN5CCC[C@@](CC[C@]12C(=O)OC)(CC4=O)[C@H]53. The normalized spacial score (nSPS) is 40.6. The van der Waals surface area contributed by atoms with E-state index in [1.165, 1.54) is 19.1 Å². The molecule has 5 aliphatic rings. The molecule has 5 atom stereocenters. The number of rotatable bonds is 1. The number of hydrogen-bond donors (Lipinski definition) is 0. The molecule has 1 aromatic rings. The minimum atomic E-state index is -1.26. The summed E-state index contributed by atoms with van der Waals surface area (Å²) in [6, 6.07) is 7.75. The first-order chi connectivity index (χ1) is 14.5. The Balaban J connectivity index is 1.74. The van der Waals surface area contributed by atoms with Crippen LogP contribution in [0.25, 0.3) is 0 Å². The number of methoxy groups -OCH3 is 2. The Morgan fingerprint density at radius 2 is 1.90 bits per heavy atom. The topological polar surface area (TPSA) is 76.2 Å². The van der Waals surface area contributed by atoms with Gasteiger partial charge in [0.15, 0.2) is 5.54 Å². The summed E-state index contributed by atoms with van der Waals surface area (Å²) in [5, 5.41) is 0. The molecule has 7 nitrogen and oxygen atoms in total. The number of ether oxygens (including phenoxy) is 2. The summed E-state index contributed by atoms with van der Waals surface area (Å²) in [4.78, 5) is 44.5. The van der Waals surface area contributed by atoms with Gasteiger partial charge in [-0.15, -0.1) is 0 Å². The second kappa shape index (κ2) is 5.63. The van der Waals surface area contributed by atoms with E-state index in [2.05, 4.69) is 4.90 Å². The summed E-state index contributed by atoms with van der Waals surface area (Å²) in [6.07, 6.45) is 3.28. The van der Waals surface area contributed by atoms with Gasteiger partial charge in [-0.25, -0.2) is 9.59 Å². The number of piperidine rings is 1. The van der Waals surface area contributed by atoms with E-state index >= 15 is 0 Å². The minimum Gasteiger partial charge on any atom is -0.467 e. The number of benzene rings is 1. The van der Waals surface area contributed by atoms with Crippen LogP contribution in [-0.4, -0.2) is 61.6 Å². The predicted molar refractivity (Wildman–Crippen MR) is 107 cm³/mol. The van der Waals surface area contributed by atoms with E-state index in [9.17, 15) is 14.4 Å². The van der Waals surface area contributed by atoms with Gasteiger partial charge in [0.25, 0.3) is 0 Å². The zero-order valence-electron chi connectivity index (χ0n) is 17.3. The number of hydrogen-bond acceptors (Lipinski definition) is 6. The highest BCUT2D eigenvalue weighted by atomic mass is 16.5. The first-order valence-corrected chi connectivity index (χ1v) is 10.8. The van der Waals surface area contributed by atoms with Crippen LogP contribution in [0.5, 0.6) is 0 Å². The number of Topliss-reactive ketones (excluding diaryl/α,β-unsaturated/α-hetero) is 1. The molecule has 1 amide bonds. The maximum absolute atomic E-state index is 13.7. The third-order valence-corrected chi connectivity index (χ3v) is 8.90. The van der Waals surface area contributed by atoms with Gasteiger partial charge >= 0.3 is 12.1 Å². The van der Waals surface area contributed by atoms with Crippen molar-refractivity contribution >= 4 is 23.5 Å². The number of esters is 1. The first-order valence-electron chi connectivity index (χ1n) is 10.8. The van der Waals surface area contributed by atoms with E-state index in [1.54, 1.807) is 0 Å². The Labute approximate surface area is 175 Å². The number of anilines is 1. The lowest BCUT2D eigenvalue weighted by Crippen LogP contribution is -2.78. The quantitative estimate of drug-likeness (QED) is 0.661. The zero-order chi connectivity index (χ0) is 20.9. The lowest BCUT2D eigenvalue weighted by molar-refractivity contribution is -0.166. The number of fused-ring (bicyclic) bond motifs is 1. The van der Waals surface area contributed by atoms with Crippen LogP contribution in [0.1, 0.15) is 37.7 Å². The molecule has 30 heavy (non-hydrogen) atoms. The third-order valence-electron chi connectivity index (χ3n) is 8.90. The summed E-state index contributed by atoms with van der Waals surface area (Å²) in [5.74, 6) is -0.543. The van der Waals surface area contributed by atoms with Crippen LogP contribution in [0.2, 0.25) is 0 Å². The molecular formula is C23H26N2O5. The lowest BCUT2D eigenvalue weighted by Gasteiger charge is -2.64. The standard InChI is InChI=1S/C23H26N2O5/c1-29-19(27)22-10-9-21-8-5-11-24-13-15(17(26)12-21)23(22,18(21)24)14-6-3-4-7-16(14)25(22)20(28)30-2/h3-4,6-7,15,18H,5,8-13H2,1-2H3/t15-,18+,21-,22-,23+/m1/s1.